The zero-order chi connectivity index (χ0) is 34.5. The molecule has 0 saturated heterocycles. The standard InChI is InChI=1S/C43H47BrN4.4BrH.2Cu/c1-26(2)35-20-31(21-36(27(3)4)42(35)47-24-33-14-10-12-18-45-33)40-30(9)16-17-39(44)41(40)32-22-37(28(5)6)43(38(23-32)29(7)8)48-25-34-15-11-13-19-46-34;;;;;;/h10-29H,1-9H3;4*1H;;/q;;;;;2*+2/p-4. The van der Waals surface area contributed by atoms with Crippen molar-refractivity contribution in [2.45, 2.75) is 86.0 Å². The van der Waals surface area contributed by atoms with Gasteiger partial charge in [0.05, 0.1) is 35.2 Å². The fourth-order valence-electron chi connectivity index (χ4n) is 6.21. The van der Waals surface area contributed by atoms with Crippen molar-refractivity contribution in [3.05, 3.63) is 129 Å². The molecule has 2 radical (unpaired) electrons. The number of benzene rings is 3. The summed E-state index contributed by atoms with van der Waals surface area (Å²) in [6, 6.07) is 25.7. The fourth-order valence-corrected chi connectivity index (χ4v) is 6.77. The van der Waals surface area contributed by atoms with Crippen LogP contribution in [0.3, 0.4) is 0 Å². The van der Waals surface area contributed by atoms with Crippen LogP contribution >= 0.6 is 15.9 Å². The Hall–Kier alpha value is -1.26. The Morgan fingerprint density at radius 2 is 0.870 bits per heavy atom. The number of hydrogen-bond acceptors (Lipinski definition) is 4. The van der Waals surface area contributed by atoms with Crippen molar-refractivity contribution in [3.8, 4) is 22.3 Å². The minimum Gasteiger partial charge on any atom is -1.00 e. The minimum absolute atomic E-state index is 0. The first-order valence-corrected chi connectivity index (χ1v) is 17.8. The Labute approximate surface area is 394 Å². The number of pyridine rings is 2. The smallest absolute Gasteiger partial charge is 1.00 e. The van der Waals surface area contributed by atoms with E-state index in [4.69, 9.17) is 9.98 Å². The molecule has 0 bridgehead atoms. The molecule has 0 N–H and O–H groups in total. The molecule has 0 spiro atoms. The van der Waals surface area contributed by atoms with Gasteiger partial charge in [0.25, 0.3) is 0 Å². The Bertz CT molecular complexity index is 1770. The number of hydrogen-bond donors (Lipinski definition) is 0. The summed E-state index contributed by atoms with van der Waals surface area (Å²) in [6.07, 6.45) is 7.40. The molecule has 4 nitrogen and oxygen atoms in total. The van der Waals surface area contributed by atoms with Crippen LogP contribution in [0.25, 0.3) is 22.3 Å². The van der Waals surface area contributed by atoms with Gasteiger partial charge in [-0.2, -0.15) is 0 Å². The maximum atomic E-state index is 5.07. The number of halogens is 5. The van der Waals surface area contributed by atoms with Crippen LogP contribution in [0, 0.1) is 6.92 Å². The van der Waals surface area contributed by atoms with Crippen molar-refractivity contribution < 1.29 is 102 Å². The maximum absolute atomic E-state index is 5.07. The van der Waals surface area contributed by atoms with Crippen LogP contribution in [0.15, 0.2) is 99.6 Å². The van der Waals surface area contributed by atoms with Crippen LogP contribution in [0.2, 0.25) is 0 Å². The van der Waals surface area contributed by atoms with E-state index >= 15 is 0 Å². The molecular weight excluding hydrogens is 1100 g/mol. The van der Waals surface area contributed by atoms with E-state index < -0.39 is 0 Å². The van der Waals surface area contributed by atoms with Gasteiger partial charge in [-0.3, -0.25) is 20.0 Å². The summed E-state index contributed by atoms with van der Waals surface area (Å²) in [6.45, 7) is 20.3. The van der Waals surface area contributed by atoms with Gasteiger partial charge in [0.15, 0.2) is 0 Å². The molecule has 0 amide bonds. The Balaban J connectivity index is 0. The summed E-state index contributed by atoms with van der Waals surface area (Å²) in [7, 11) is 0. The molecule has 0 saturated carbocycles. The third-order valence-electron chi connectivity index (χ3n) is 8.79. The van der Waals surface area contributed by atoms with E-state index in [2.05, 4.69) is 125 Å². The predicted octanol–water partition coefficient (Wildman–Crippen LogP) is 0.887. The summed E-state index contributed by atoms with van der Waals surface area (Å²) in [5.41, 5.74) is 14.8. The van der Waals surface area contributed by atoms with E-state index in [9.17, 15) is 0 Å². The van der Waals surface area contributed by atoms with E-state index in [1.807, 2.05) is 61.2 Å². The Kier molecular flexibility index (Phi) is 25.6. The third kappa shape index (κ3) is 13.1. The molecule has 296 valence electrons. The van der Waals surface area contributed by atoms with Gasteiger partial charge in [-0.1, -0.05) is 89.5 Å². The monoisotopic (exact) mass is 1140 g/mol. The van der Waals surface area contributed by atoms with Gasteiger partial charge in [-0.25, -0.2) is 0 Å². The van der Waals surface area contributed by atoms with E-state index in [0.29, 0.717) is 0 Å². The van der Waals surface area contributed by atoms with Crippen molar-refractivity contribution in [3.63, 3.8) is 0 Å². The van der Waals surface area contributed by atoms with Crippen LogP contribution < -0.4 is 67.9 Å². The van der Waals surface area contributed by atoms with Gasteiger partial charge in [-0.15, -0.1) is 0 Å². The predicted molar refractivity (Wildman–Crippen MR) is 209 cm³/mol. The average Bonchev–Trinajstić information content (AvgIpc) is 3.07. The van der Waals surface area contributed by atoms with Crippen molar-refractivity contribution in [1.29, 1.82) is 0 Å². The number of aromatic nitrogens is 2. The van der Waals surface area contributed by atoms with Crippen molar-refractivity contribution in [2.75, 3.05) is 0 Å². The molecule has 2 aromatic heterocycles. The topological polar surface area (TPSA) is 50.5 Å². The normalized spacial score (nSPS) is 10.8. The average molecular weight is 1150 g/mol. The molecule has 0 aliphatic rings. The van der Waals surface area contributed by atoms with Crippen molar-refractivity contribution >= 4 is 39.7 Å². The number of aryl methyl sites for hydroxylation is 1. The quantitative estimate of drug-likeness (QED) is 0.155. The van der Waals surface area contributed by atoms with E-state index in [1.54, 1.807) is 0 Å². The molecule has 0 unspecified atom stereocenters. The summed E-state index contributed by atoms with van der Waals surface area (Å²) >= 11 is 4.01. The molecule has 5 aromatic rings. The summed E-state index contributed by atoms with van der Waals surface area (Å²) in [4.78, 5) is 19.1. The van der Waals surface area contributed by atoms with Gasteiger partial charge in [0.1, 0.15) is 0 Å². The van der Waals surface area contributed by atoms with Crippen LogP contribution in [0.1, 0.15) is 118 Å². The first-order valence-electron chi connectivity index (χ1n) is 17.0. The van der Waals surface area contributed by atoms with Crippen LogP contribution in [-0.4, -0.2) is 22.4 Å². The number of nitrogens with zero attached hydrogens (tertiary/aromatic N) is 4. The van der Waals surface area contributed by atoms with Gasteiger partial charge < -0.3 is 67.9 Å². The van der Waals surface area contributed by atoms with Crippen molar-refractivity contribution in [1.82, 2.24) is 9.97 Å². The summed E-state index contributed by atoms with van der Waals surface area (Å²) < 4.78 is 1.08. The zero-order valence-corrected chi connectivity index (χ0v) is 41.6. The zero-order valence-electron chi connectivity index (χ0n) is 31.8. The molecule has 0 aliphatic carbocycles. The second-order valence-electron chi connectivity index (χ2n) is 13.8. The van der Waals surface area contributed by atoms with E-state index in [1.165, 1.54) is 50.1 Å². The Morgan fingerprint density at radius 1 is 0.519 bits per heavy atom. The van der Waals surface area contributed by atoms with Crippen LogP contribution in [-0.2, 0) is 34.1 Å². The molecular formula is C43H47Br5Cu2N4. The molecule has 0 fully saturated rings. The van der Waals surface area contributed by atoms with Gasteiger partial charge in [-0.05, 0) is 130 Å². The second kappa shape index (κ2) is 25.2. The summed E-state index contributed by atoms with van der Waals surface area (Å²) in [5.74, 6) is 1.12. The SMILES string of the molecule is Cc1ccc(Br)c(-c2cc(C(C)C)c(N=Cc3ccccn3)c(C(C)C)c2)c1-c1cc(C(C)C)c(N=Cc2ccccn2)c(C(C)C)c1.[Br-].[Br-].[Br-].[Br-].[Cu+2].[Cu+2]. The second-order valence-corrected chi connectivity index (χ2v) is 14.6. The van der Waals surface area contributed by atoms with E-state index in [-0.39, 0.29) is 126 Å². The largest absolute Gasteiger partial charge is 2.00 e. The number of aliphatic imine (C=N–C) groups is 2. The Morgan fingerprint density at radius 3 is 1.19 bits per heavy atom. The van der Waals surface area contributed by atoms with Gasteiger partial charge >= 0.3 is 34.1 Å². The first kappa shape index (κ1) is 54.8. The first-order chi connectivity index (χ1) is 23.0. The molecule has 5 rings (SSSR count). The fraction of sp³-hybridized carbons (Fsp3) is 0.302. The molecule has 0 atom stereocenters. The van der Waals surface area contributed by atoms with Crippen molar-refractivity contribution in [2.24, 2.45) is 9.98 Å². The van der Waals surface area contributed by atoms with Crippen LogP contribution in [0.5, 0.6) is 0 Å². The van der Waals surface area contributed by atoms with E-state index in [0.717, 1.165) is 27.2 Å². The third-order valence-corrected chi connectivity index (χ3v) is 9.45. The molecule has 54 heavy (non-hydrogen) atoms. The summed E-state index contributed by atoms with van der Waals surface area (Å²) in [5, 5.41) is 0. The van der Waals surface area contributed by atoms with Gasteiger partial charge in [0.2, 0.25) is 0 Å². The molecule has 3 aromatic carbocycles. The molecule has 11 heteroatoms. The van der Waals surface area contributed by atoms with Crippen LogP contribution in [0.4, 0.5) is 11.4 Å². The number of rotatable bonds is 10. The maximum Gasteiger partial charge on any atom is 2.00 e. The molecule has 2 heterocycles. The molecule has 0 aliphatic heterocycles. The minimum atomic E-state index is 0. The van der Waals surface area contributed by atoms with Gasteiger partial charge in [0, 0.05) is 22.4 Å².